The molecule has 0 aromatic heterocycles. The standard InChI is InChI=1S/2C6H7N.ClH2O3P/c2*7-6-4-2-1-3-5-6;1-5(2,3)4/h2*1-5H,7H2;(H2,2,3,4). The summed E-state index contributed by atoms with van der Waals surface area (Å²) in [4.78, 5) is 14.8. The Balaban J connectivity index is 0.000000261. The SMILES string of the molecule is Nc1ccccc1.Nc1ccccc1.O=P(O)(O)Cl. The average Bonchev–Trinajstić information content (AvgIpc) is 2.29. The summed E-state index contributed by atoms with van der Waals surface area (Å²) in [5.41, 5.74) is 12.4. The van der Waals surface area contributed by atoms with Crippen LogP contribution in [0.2, 0.25) is 0 Å². The molecule has 2 rings (SSSR count). The fraction of sp³-hybridized carbons (Fsp3) is 0. The summed E-state index contributed by atoms with van der Waals surface area (Å²) in [7, 11) is 0. The molecule has 2 aromatic carbocycles. The van der Waals surface area contributed by atoms with E-state index in [1.807, 2.05) is 60.7 Å². The minimum Gasteiger partial charge on any atom is -0.399 e. The molecular formula is C12H16ClN2O3P. The smallest absolute Gasteiger partial charge is 0.399 e. The first kappa shape index (κ1) is 17.5. The number of anilines is 2. The molecule has 0 radical (unpaired) electrons. The molecule has 0 heterocycles. The fourth-order valence-electron chi connectivity index (χ4n) is 0.906. The minimum absolute atomic E-state index is 0.822. The third-order valence-corrected chi connectivity index (χ3v) is 1.60. The van der Waals surface area contributed by atoms with Gasteiger partial charge >= 0.3 is 6.95 Å². The van der Waals surface area contributed by atoms with Gasteiger partial charge in [-0.15, -0.1) is 0 Å². The molecule has 0 aliphatic heterocycles. The lowest BCUT2D eigenvalue weighted by molar-refractivity contribution is 0.395. The van der Waals surface area contributed by atoms with Gasteiger partial charge in [0.25, 0.3) is 0 Å². The van der Waals surface area contributed by atoms with E-state index in [0.29, 0.717) is 0 Å². The Bertz CT molecular complexity index is 445. The molecule has 0 atom stereocenters. The molecule has 0 aliphatic rings. The zero-order valence-electron chi connectivity index (χ0n) is 10.1. The van der Waals surface area contributed by atoms with Gasteiger partial charge in [0.1, 0.15) is 0 Å². The molecule has 0 bridgehead atoms. The molecule has 0 saturated heterocycles. The molecule has 0 unspecified atom stereocenters. The Morgan fingerprint density at radius 1 is 0.789 bits per heavy atom. The van der Waals surface area contributed by atoms with Crippen LogP contribution in [0.1, 0.15) is 0 Å². The van der Waals surface area contributed by atoms with Crippen LogP contribution in [0, 0.1) is 0 Å². The van der Waals surface area contributed by atoms with E-state index in [1.165, 1.54) is 0 Å². The Morgan fingerprint density at radius 2 is 1.00 bits per heavy atom. The van der Waals surface area contributed by atoms with Crippen LogP contribution in [-0.2, 0) is 4.57 Å². The summed E-state index contributed by atoms with van der Waals surface area (Å²) in [6.07, 6.45) is 0. The van der Waals surface area contributed by atoms with E-state index in [2.05, 4.69) is 11.2 Å². The lowest BCUT2D eigenvalue weighted by atomic mass is 10.3. The van der Waals surface area contributed by atoms with Crippen molar-refractivity contribution < 1.29 is 14.4 Å². The van der Waals surface area contributed by atoms with Gasteiger partial charge in [-0.1, -0.05) is 36.4 Å². The third kappa shape index (κ3) is 16.5. The highest BCUT2D eigenvalue weighted by molar-refractivity contribution is 7.79. The second-order valence-corrected chi connectivity index (χ2v) is 5.56. The molecule has 0 aliphatic carbocycles. The monoisotopic (exact) mass is 302 g/mol. The zero-order valence-corrected chi connectivity index (χ0v) is 11.7. The summed E-state index contributed by atoms with van der Waals surface area (Å²) in [6, 6.07) is 19.0. The number of rotatable bonds is 0. The molecule has 0 amide bonds. The van der Waals surface area contributed by atoms with Gasteiger partial charge in [-0.05, 0) is 24.3 Å². The number of para-hydroxylation sites is 2. The first-order chi connectivity index (χ1) is 8.79. The Hall–Kier alpha value is -1.52. The van der Waals surface area contributed by atoms with Crippen molar-refractivity contribution >= 4 is 29.6 Å². The molecule has 104 valence electrons. The van der Waals surface area contributed by atoms with Gasteiger partial charge in [-0.2, -0.15) is 0 Å². The van der Waals surface area contributed by atoms with Crippen LogP contribution in [-0.4, -0.2) is 9.79 Å². The summed E-state index contributed by atoms with van der Waals surface area (Å²) >= 11 is 4.20. The molecule has 2 aromatic rings. The molecular weight excluding hydrogens is 287 g/mol. The van der Waals surface area contributed by atoms with Crippen molar-refractivity contribution in [3.05, 3.63) is 60.7 Å². The highest BCUT2D eigenvalue weighted by atomic mass is 35.7. The van der Waals surface area contributed by atoms with E-state index in [0.717, 1.165) is 11.4 Å². The second kappa shape index (κ2) is 9.42. The Labute approximate surface area is 116 Å². The molecule has 19 heavy (non-hydrogen) atoms. The van der Waals surface area contributed by atoms with Gasteiger partial charge in [-0.25, -0.2) is 4.57 Å². The highest BCUT2D eigenvalue weighted by Gasteiger charge is 2.01. The van der Waals surface area contributed by atoms with Gasteiger partial charge in [-0.3, -0.25) is 0 Å². The van der Waals surface area contributed by atoms with Gasteiger partial charge in [0.05, 0.1) is 0 Å². The van der Waals surface area contributed by atoms with Crippen LogP contribution >= 0.6 is 18.2 Å². The first-order valence-electron chi connectivity index (χ1n) is 5.15. The summed E-state index contributed by atoms with van der Waals surface area (Å²) in [5, 5.41) is 0. The van der Waals surface area contributed by atoms with E-state index >= 15 is 0 Å². The lowest BCUT2D eigenvalue weighted by Gasteiger charge is -1.83. The molecule has 5 nitrogen and oxygen atoms in total. The molecule has 0 saturated carbocycles. The van der Waals surface area contributed by atoms with E-state index < -0.39 is 6.95 Å². The van der Waals surface area contributed by atoms with Crippen LogP contribution in [0.4, 0.5) is 11.4 Å². The third-order valence-electron chi connectivity index (χ3n) is 1.60. The van der Waals surface area contributed by atoms with E-state index in [4.69, 9.17) is 25.8 Å². The minimum atomic E-state index is -4.17. The predicted molar refractivity (Wildman–Crippen MR) is 79.6 cm³/mol. The molecule has 7 heteroatoms. The largest absolute Gasteiger partial charge is 0.419 e. The van der Waals surface area contributed by atoms with Gasteiger partial charge < -0.3 is 21.3 Å². The van der Waals surface area contributed by atoms with Crippen LogP contribution in [0.5, 0.6) is 0 Å². The second-order valence-electron chi connectivity index (χ2n) is 3.29. The first-order valence-corrected chi connectivity index (χ1v) is 7.67. The fourth-order valence-corrected chi connectivity index (χ4v) is 0.906. The number of nitrogens with two attached hydrogens (primary N) is 2. The van der Waals surface area contributed by atoms with E-state index in [9.17, 15) is 0 Å². The zero-order chi connectivity index (χ0) is 14.7. The van der Waals surface area contributed by atoms with E-state index in [-0.39, 0.29) is 0 Å². The Morgan fingerprint density at radius 3 is 1.11 bits per heavy atom. The summed E-state index contributed by atoms with van der Waals surface area (Å²) < 4.78 is 9.09. The quantitative estimate of drug-likeness (QED) is 0.442. The van der Waals surface area contributed by atoms with E-state index in [1.54, 1.807) is 0 Å². The van der Waals surface area contributed by atoms with Crippen LogP contribution in [0.15, 0.2) is 60.7 Å². The van der Waals surface area contributed by atoms with Crippen LogP contribution < -0.4 is 11.5 Å². The van der Waals surface area contributed by atoms with Gasteiger partial charge in [0, 0.05) is 22.6 Å². The topological polar surface area (TPSA) is 110 Å². The lowest BCUT2D eigenvalue weighted by Crippen LogP contribution is -1.79. The van der Waals surface area contributed by atoms with Crippen molar-refractivity contribution in [1.82, 2.24) is 0 Å². The molecule has 6 N–H and O–H groups in total. The number of nitrogen functional groups attached to an aromatic ring is 2. The average molecular weight is 303 g/mol. The molecule has 0 fully saturated rings. The van der Waals surface area contributed by atoms with Gasteiger partial charge in [0.15, 0.2) is 0 Å². The van der Waals surface area contributed by atoms with Crippen LogP contribution in [0.3, 0.4) is 0 Å². The summed E-state index contributed by atoms with van der Waals surface area (Å²) in [6.45, 7) is -4.17. The van der Waals surface area contributed by atoms with Crippen molar-refractivity contribution in [1.29, 1.82) is 0 Å². The number of hydrogen-bond donors (Lipinski definition) is 4. The van der Waals surface area contributed by atoms with Crippen molar-refractivity contribution in [2.45, 2.75) is 0 Å². The van der Waals surface area contributed by atoms with Gasteiger partial charge in [0.2, 0.25) is 0 Å². The maximum Gasteiger partial charge on any atom is 0.419 e. The van der Waals surface area contributed by atoms with Crippen LogP contribution in [0.25, 0.3) is 0 Å². The maximum absolute atomic E-state index is 9.09. The normalized spacial score (nSPS) is 9.42. The van der Waals surface area contributed by atoms with Crippen molar-refractivity contribution in [2.24, 2.45) is 0 Å². The maximum atomic E-state index is 9.09. The summed E-state index contributed by atoms with van der Waals surface area (Å²) in [5.74, 6) is 0. The number of hydrogen-bond acceptors (Lipinski definition) is 3. The highest BCUT2D eigenvalue weighted by Crippen LogP contribution is 2.39. The predicted octanol–water partition coefficient (Wildman–Crippen LogP) is 2.86. The Kier molecular flexibility index (Phi) is 8.66. The van der Waals surface area contributed by atoms with Crippen molar-refractivity contribution in [3.8, 4) is 0 Å². The van der Waals surface area contributed by atoms with Crippen molar-refractivity contribution in [2.75, 3.05) is 11.5 Å². The van der Waals surface area contributed by atoms with Crippen molar-refractivity contribution in [3.63, 3.8) is 0 Å². The number of halogens is 1. The number of benzene rings is 2. The molecule has 0 spiro atoms.